The fourth-order valence-corrected chi connectivity index (χ4v) is 2.71. The molecule has 4 heteroatoms. The summed E-state index contributed by atoms with van der Waals surface area (Å²) in [6, 6.07) is 3.41. The predicted octanol–water partition coefficient (Wildman–Crippen LogP) is 3.49. The zero-order valence-corrected chi connectivity index (χ0v) is 14.1. The Labute approximate surface area is 129 Å². The molecule has 0 spiro atoms. The van der Waals surface area contributed by atoms with Gasteiger partial charge in [0.15, 0.2) is 0 Å². The lowest BCUT2D eigenvalue weighted by Crippen LogP contribution is -2.37. The van der Waals surface area contributed by atoms with Crippen LogP contribution in [-0.4, -0.2) is 36.6 Å². The molecule has 21 heavy (non-hydrogen) atoms. The molecular formula is C17H30FN3. The first kappa shape index (κ1) is 18.1. The van der Waals surface area contributed by atoms with E-state index in [-0.39, 0.29) is 11.9 Å². The number of halogens is 1. The minimum Gasteiger partial charge on any atom is -0.311 e. The molecule has 0 aliphatic carbocycles. The summed E-state index contributed by atoms with van der Waals surface area (Å²) in [5, 5.41) is 3.32. The molecule has 1 heterocycles. The van der Waals surface area contributed by atoms with Gasteiger partial charge in [-0.3, -0.25) is 4.98 Å². The summed E-state index contributed by atoms with van der Waals surface area (Å²) in [5.74, 6) is 0.847. The molecule has 1 N–H and O–H groups in total. The molecule has 0 bridgehead atoms. The molecule has 1 aromatic heterocycles. The molecule has 1 aromatic rings. The molecule has 0 saturated carbocycles. The van der Waals surface area contributed by atoms with E-state index in [4.69, 9.17) is 0 Å². The maximum absolute atomic E-state index is 13.0. The third-order valence-corrected chi connectivity index (χ3v) is 4.21. The fourth-order valence-electron chi connectivity index (χ4n) is 2.71. The Morgan fingerprint density at radius 2 is 1.95 bits per heavy atom. The van der Waals surface area contributed by atoms with Crippen molar-refractivity contribution in [2.45, 2.75) is 40.2 Å². The average Bonchev–Trinajstić information content (AvgIpc) is 2.49. The van der Waals surface area contributed by atoms with Gasteiger partial charge in [0, 0.05) is 13.1 Å². The summed E-state index contributed by atoms with van der Waals surface area (Å²) < 4.78 is 13.0. The van der Waals surface area contributed by atoms with Crippen LogP contribution >= 0.6 is 0 Å². The standard InChI is InChI=1S/C17H30FN3/c1-6-13(3)11-21(7-2)12-14(4)17(19-5)16-9-8-15(18)10-20-16/h8-10,13-14,17,19H,6-7,11-12H2,1-5H3. The lowest BCUT2D eigenvalue weighted by molar-refractivity contribution is 0.195. The number of hydrogen-bond donors (Lipinski definition) is 1. The zero-order valence-electron chi connectivity index (χ0n) is 14.1. The Bertz CT molecular complexity index is 394. The second-order valence-corrected chi connectivity index (χ2v) is 6.01. The van der Waals surface area contributed by atoms with Crippen LogP contribution in [0.3, 0.4) is 0 Å². The van der Waals surface area contributed by atoms with E-state index in [1.165, 1.54) is 18.7 Å². The summed E-state index contributed by atoms with van der Waals surface area (Å²) in [4.78, 5) is 6.72. The van der Waals surface area contributed by atoms with E-state index >= 15 is 0 Å². The maximum Gasteiger partial charge on any atom is 0.141 e. The van der Waals surface area contributed by atoms with Crippen molar-refractivity contribution in [3.8, 4) is 0 Å². The van der Waals surface area contributed by atoms with E-state index in [9.17, 15) is 4.39 Å². The van der Waals surface area contributed by atoms with Crippen molar-refractivity contribution in [2.24, 2.45) is 11.8 Å². The average molecular weight is 295 g/mol. The molecule has 3 nitrogen and oxygen atoms in total. The Hall–Kier alpha value is -1.00. The number of aromatic nitrogens is 1. The summed E-state index contributed by atoms with van der Waals surface area (Å²) in [7, 11) is 1.94. The summed E-state index contributed by atoms with van der Waals surface area (Å²) >= 11 is 0. The fraction of sp³-hybridized carbons (Fsp3) is 0.706. The molecule has 3 atom stereocenters. The van der Waals surface area contributed by atoms with Crippen molar-refractivity contribution in [3.63, 3.8) is 0 Å². The van der Waals surface area contributed by atoms with E-state index in [1.54, 1.807) is 6.07 Å². The number of nitrogens with one attached hydrogen (secondary N) is 1. The Kier molecular flexibility index (Phi) is 7.83. The lowest BCUT2D eigenvalue weighted by atomic mass is 9.97. The first-order chi connectivity index (χ1) is 10.0. The molecule has 120 valence electrons. The minimum atomic E-state index is -0.284. The Morgan fingerprint density at radius 3 is 2.43 bits per heavy atom. The predicted molar refractivity (Wildman–Crippen MR) is 86.7 cm³/mol. The largest absolute Gasteiger partial charge is 0.311 e. The molecule has 3 unspecified atom stereocenters. The molecule has 0 radical (unpaired) electrons. The number of pyridine rings is 1. The van der Waals surface area contributed by atoms with Crippen molar-refractivity contribution >= 4 is 0 Å². The zero-order chi connectivity index (χ0) is 15.8. The van der Waals surface area contributed by atoms with Gasteiger partial charge in [0.05, 0.1) is 17.9 Å². The Morgan fingerprint density at radius 1 is 1.24 bits per heavy atom. The molecule has 0 aromatic carbocycles. The molecule has 0 fully saturated rings. The van der Waals surface area contributed by atoms with E-state index in [2.05, 4.69) is 42.9 Å². The third kappa shape index (κ3) is 5.71. The first-order valence-electron chi connectivity index (χ1n) is 8.02. The van der Waals surface area contributed by atoms with E-state index in [1.807, 2.05) is 7.05 Å². The molecular weight excluding hydrogens is 265 g/mol. The van der Waals surface area contributed by atoms with Crippen molar-refractivity contribution < 1.29 is 4.39 Å². The topological polar surface area (TPSA) is 28.2 Å². The van der Waals surface area contributed by atoms with E-state index in [0.717, 1.165) is 25.3 Å². The third-order valence-electron chi connectivity index (χ3n) is 4.21. The van der Waals surface area contributed by atoms with Gasteiger partial charge in [-0.25, -0.2) is 4.39 Å². The van der Waals surface area contributed by atoms with Crippen LogP contribution in [0, 0.1) is 17.7 Å². The number of rotatable bonds is 9. The van der Waals surface area contributed by atoms with Crippen LogP contribution in [0.25, 0.3) is 0 Å². The maximum atomic E-state index is 13.0. The highest BCUT2D eigenvalue weighted by molar-refractivity contribution is 5.10. The summed E-state index contributed by atoms with van der Waals surface area (Å²) in [5.41, 5.74) is 0.908. The first-order valence-corrected chi connectivity index (χ1v) is 8.02. The van der Waals surface area contributed by atoms with E-state index < -0.39 is 0 Å². The van der Waals surface area contributed by atoms with Gasteiger partial charge >= 0.3 is 0 Å². The quantitative estimate of drug-likeness (QED) is 0.756. The van der Waals surface area contributed by atoms with Crippen LogP contribution in [0.4, 0.5) is 4.39 Å². The van der Waals surface area contributed by atoms with Crippen LogP contribution in [0.1, 0.15) is 45.9 Å². The van der Waals surface area contributed by atoms with Crippen molar-refractivity contribution in [1.29, 1.82) is 0 Å². The number of nitrogens with zero attached hydrogens (tertiary/aromatic N) is 2. The van der Waals surface area contributed by atoms with Crippen LogP contribution in [0.15, 0.2) is 18.3 Å². The van der Waals surface area contributed by atoms with E-state index in [0.29, 0.717) is 11.8 Å². The minimum absolute atomic E-state index is 0.150. The SMILES string of the molecule is CCC(C)CN(CC)CC(C)C(NC)c1ccc(F)cn1. The molecule has 0 saturated heterocycles. The van der Waals surface area contributed by atoms with Crippen molar-refractivity contribution in [2.75, 3.05) is 26.7 Å². The molecule has 0 amide bonds. The van der Waals surface area contributed by atoms with Gasteiger partial charge in [-0.1, -0.05) is 34.1 Å². The van der Waals surface area contributed by atoms with Gasteiger partial charge in [0.25, 0.3) is 0 Å². The van der Waals surface area contributed by atoms with Gasteiger partial charge in [-0.15, -0.1) is 0 Å². The van der Waals surface area contributed by atoms with Gasteiger partial charge in [-0.05, 0) is 37.6 Å². The molecule has 0 aliphatic heterocycles. The second kappa shape index (κ2) is 9.11. The second-order valence-electron chi connectivity index (χ2n) is 6.01. The van der Waals surface area contributed by atoms with Crippen molar-refractivity contribution in [3.05, 3.63) is 29.8 Å². The molecule has 1 rings (SSSR count). The molecule has 0 aliphatic rings. The van der Waals surface area contributed by atoms with Gasteiger partial charge in [-0.2, -0.15) is 0 Å². The highest BCUT2D eigenvalue weighted by Gasteiger charge is 2.21. The highest BCUT2D eigenvalue weighted by atomic mass is 19.1. The van der Waals surface area contributed by atoms with Gasteiger partial charge in [0.2, 0.25) is 0 Å². The Balaban J connectivity index is 2.69. The van der Waals surface area contributed by atoms with Crippen LogP contribution in [-0.2, 0) is 0 Å². The van der Waals surface area contributed by atoms with Crippen LogP contribution in [0.2, 0.25) is 0 Å². The normalized spacial score (nSPS) is 16.0. The number of hydrogen-bond acceptors (Lipinski definition) is 3. The van der Waals surface area contributed by atoms with Crippen molar-refractivity contribution in [1.82, 2.24) is 15.2 Å². The summed E-state index contributed by atoms with van der Waals surface area (Å²) in [6.07, 6.45) is 2.50. The monoisotopic (exact) mass is 295 g/mol. The van der Waals surface area contributed by atoms with Gasteiger partial charge < -0.3 is 10.2 Å². The highest BCUT2D eigenvalue weighted by Crippen LogP contribution is 2.21. The van der Waals surface area contributed by atoms with Gasteiger partial charge in [0.1, 0.15) is 5.82 Å². The van der Waals surface area contributed by atoms with Crippen LogP contribution in [0.5, 0.6) is 0 Å². The lowest BCUT2D eigenvalue weighted by Gasteiger charge is -2.30. The smallest absolute Gasteiger partial charge is 0.141 e. The summed E-state index contributed by atoms with van der Waals surface area (Å²) in [6.45, 7) is 12.2. The van der Waals surface area contributed by atoms with Crippen LogP contribution < -0.4 is 5.32 Å².